The molecule has 0 saturated heterocycles. The molecule has 0 amide bonds. The van der Waals surface area contributed by atoms with E-state index in [0.29, 0.717) is 22.4 Å². The van der Waals surface area contributed by atoms with Gasteiger partial charge in [0.1, 0.15) is 5.52 Å². The smallest absolute Gasteiger partial charge is 0.191 e. The van der Waals surface area contributed by atoms with E-state index in [0.717, 1.165) is 11.2 Å². The molecule has 5 nitrogen and oxygen atoms in total. The van der Waals surface area contributed by atoms with Crippen molar-refractivity contribution in [3.05, 3.63) is 6.33 Å². The van der Waals surface area contributed by atoms with Gasteiger partial charge in [0, 0.05) is 6.04 Å². The summed E-state index contributed by atoms with van der Waals surface area (Å²) < 4.78 is 2.20. The third-order valence-electron chi connectivity index (χ3n) is 4.67. The third-order valence-corrected chi connectivity index (χ3v) is 5.21. The Balaban J connectivity index is 2.03. The topological polar surface area (TPSA) is 69.6 Å². The molecule has 2 heterocycles. The van der Waals surface area contributed by atoms with E-state index >= 15 is 0 Å². The molecule has 0 radical (unpaired) electrons. The molecule has 0 spiro atoms. The van der Waals surface area contributed by atoms with Crippen LogP contribution in [0.2, 0.25) is 0 Å². The lowest BCUT2D eigenvalue weighted by molar-refractivity contribution is 0.308. The van der Waals surface area contributed by atoms with Crippen LogP contribution in [0.15, 0.2) is 11.5 Å². The first-order valence-electron chi connectivity index (χ1n) is 7.10. The van der Waals surface area contributed by atoms with Crippen LogP contribution in [0.5, 0.6) is 0 Å². The summed E-state index contributed by atoms with van der Waals surface area (Å²) in [5, 5.41) is 0.716. The van der Waals surface area contributed by atoms with Gasteiger partial charge in [-0.2, -0.15) is 0 Å². The molecule has 1 aliphatic carbocycles. The van der Waals surface area contributed by atoms with Gasteiger partial charge in [-0.15, -0.1) is 0 Å². The molecule has 3 rings (SSSR count). The number of nitrogens with two attached hydrogens (primary N) is 1. The van der Waals surface area contributed by atoms with E-state index in [1.54, 1.807) is 0 Å². The number of nitrogens with zero attached hydrogens (tertiary/aromatic N) is 4. The molecule has 2 atom stereocenters. The minimum absolute atomic E-state index is 0.447. The van der Waals surface area contributed by atoms with Crippen LogP contribution in [-0.2, 0) is 0 Å². The predicted molar refractivity (Wildman–Crippen MR) is 82.8 cm³/mol. The Kier molecular flexibility index (Phi) is 3.36. The minimum Gasteiger partial charge on any atom is -0.382 e. The fourth-order valence-electron chi connectivity index (χ4n) is 3.12. The number of hydrogen-bond donors (Lipinski definition) is 1. The summed E-state index contributed by atoms with van der Waals surface area (Å²) in [6.45, 7) is 4.66. The van der Waals surface area contributed by atoms with Gasteiger partial charge in [0.2, 0.25) is 0 Å². The second-order valence-corrected chi connectivity index (χ2v) is 6.75. The van der Waals surface area contributed by atoms with Crippen molar-refractivity contribution in [3.63, 3.8) is 0 Å². The van der Waals surface area contributed by atoms with Crippen LogP contribution >= 0.6 is 11.8 Å². The van der Waals surface area contributed by atoms with Crippen LogP contribution < -0.4 is 5.73 Å². The zero-order valence-corrected chi connectivity index (χ0v) is 13.1. The average Bonchev–Trinajstić information content (AvgIpc) is 3.03. The van der Waals surface area contributed by atoms with Crippen molar-refractivity contribution in [2.45, 2.75) is 50.7 Å². The molecule has 20 heavy (non-hydrogen) atoms. The van der Waals surface area contributed by atoms with Gasteiger partial charge in [-0.25, -0.2) is 15.0 Å². The average molecular weight is 291 g/mol. The minimum atomic E-state index is 0.447. The van der Waals surface area contributed by atoms with Gasteiger partial charge in [-0.3, -0.25) is 0 Å². The monoisotopic (exact) mass is 291 g/mol. The molecule has 2 aromatic heterocycles. The van der Waals surface area contributed by atoms with Gasteiger partial charge in [0.05, 0.1) is 6.33 Å². The summed E-state index contributed by atoms with van der Waals surface area (Å²) in [5.41, 5.74) is 8.04. The Morgan fingerprint density at radius 2 is 2.30 bits per heavy atom. The van der Waals surface area contributed by atoms with Crippen LogP contribution in [0, 0.1) is 5.41 Å². The Morgan fingerprint density at radius 1 is 1.50 bits per heavy atom. The fraction of sp³-hybridized carbons (Fsp3) is 0.643. The fourth-order valence-corrected chi connectivity index (χ4v) is 3.49. The highest BCUT2D eigenvalue weighted by atomic mass is 32.2. The van der Waals surface area contributed by atoms with Gasteiger partial charge in [0.25, 0.3) is 0 Å². The standard InChI is InChI=1S/C14H21N5S/c1-4-14(2)6-5-9(7-14)19-8-16-10-11(15)17-13(20-3)18-12(10)19/h8-9H,4-7H2,1-3H3,(H2,15,17,18)/t9-,14+/m0/s1. The zero-order valence-electron chi connectivity index (χ0n) is 12.3. The van der Waals surface area contributed by atoms with E-state index in [1.807, 2.05) is 12.6 Å². The van der Waals surface area contributed by atoms with Crippen LogP contribution in [0.4, 0.5) is 5.82 Å². The molecule has 108 valence electrons. The Hall–Kier alpha value is -1.30. The first-order valence-corrected chi connectivity index (χ1v) is 8.33. The molecule has 1 saturated carbocycles. The third kappa shape index (κ3) is 2.16. The first-order chi connectivity index (χ1) is 9.56. The summed E-state index contributed by atoms with van der Waals surface area (Å²) in [6, 6.07) is 0.481. The van der Waals surface area contributed by atoms with E-state index in [9.17, 15) is 0 Å². The summed E-state index contributed by atoms with van der Waals surface area (Å²) in [7, 11) is 0. The molecule has 1 fully saturated rings. The van der Waals surface area contributed by atoms with Crippen molar-refractivity contribution in [1.29, 1.82) is 0 Å². The predicted octanol–water partition coefficient (Wildman–Crippen LogP) is 3.27. The number of hydrogen-bond acceptors (Lipinski definition) is 5. The number of fused-ring (bicyclic) bond motifs is 1. The molecule has 0 unspecified atom stereocenters. The van der Waals surface area contributed by atoms with Crippen molar-refractivity contribution in [2.75, 3.05) is 12.0 Å². The number of anilines is 1. The van der Waals surface area contributed by atoms with E-state index in [-0.39, 0.29) is 0 Å². The second kappa shape index (κ2) is 4.91. The van der Waals surface area contributed by atoms with Crippen LogP contribution in [0.25, 0.3) is 11.2 Å². The number of nitrogen functional groups attached to an aromatic ring is 1. The molecule has 0 bridgehead atoms. The van der Waals surface area contributed by atoms with Gasteiger partial charge in [-0.05, 0) is 30.9 Å². The molecule has 0 aromatic carbocycles. The van der Waals surface area contributed by atoms with Crippen molar-refractivity contribution in [3.8, 4) is 0 Å². The molecule has 1 aliphatic rings. The number of imidazole rings is 1. The zero-order chi connectivity index (χ0) is 14.3. The lowest BCUT2D eigenvalue weighted by Gasteiger charge is -2.22. The quantitative estimate of drug-likeness (QED) is 0.694. The van der Waals surface area contributed by atoms with E-state index in [1.165, 1.54) is 37.4 Å². The maximum absolute atomic E-state index is 5.98. The Labute approximate surface area is 123 Å². The number of aromatic nitrogens is 4. The van der Waals surface area contributed by atoms with Crippen molar-refractivity contribution in [1.82, 2.24) is 19.5 Å². The maximum atomic E-state index is 5.98. The van der Waals surface area contributed by atoms with Gasteiger partial charge in [-0.1, -0.05) is 32.0 Å². The molecule has 2 N–H and O–H groups in total. The number of rotatable bonds is 3. The van der Waals surface area contributed by atoms with Crippen molar-refractivity contribution >= 4 is 28.7 Å². The maximum Gasteiger partial charge on any atom is 0.191 e. The SMILES string of the molecule is CC[C@]1(C)CC[C@H](n2cnc3c(N)nc(SC)nc32)C1. The molecule has 6 heteroatoms. The lowest BCUT2D eigenvalue weighted by atomic mass is 9.86. The van der Waals surface area contributed by atoms with E-state index in [2.05, 4.69) is 33.4 Å². The molecule has 2 aromatic rings. The van der Waals surface area contributed by atoms with Crippen molar-refractivity contribution in [2.24, 2.45) is 5.41 Å². The summed E-state index contributed by atoms with van der Waals surface area (Å²) in [4.78, 5) is 13.3. The molecule has 0 aliphatic heterocycles. The normalized spacial score (nSPS) is 26.4. The first kappa shape index (κ1) is 13.7. The van der Waals surface area contributed by atoms with E-state index < -0.39 is 0 Å². The summed E-state index contributed by atoms with van der Waals surface area (Å²) >= 11 is 1.51. The van der Waals surface area contributed by atoms with Gasteiger partial charge in [0.15, 0.2) is 16.6 Å². The van der Waals surface area contributed by atoms with Crippen LogP contribution in [-0.4, -0.2) is 25.8 Å². The van der Waals surface area contributed by atoms with Gasteiger partial charge < -0.3 is 10.3 Å². The van der Waals surface area contributed by atoms with Crippen molar-refractivity contribution < 1.29 is 0 Å². The van der Waals surface area contributed by atoms with Crippen LogP contribution in [0.1, 0.15) is 45.6 Å². The molecular formula is C14H21N5S. The highest BCUT2D eigenvalue weighted by Gasteiger charge is 2.35. The summed E-state index contributed by atoms with van der Waals surface area (Å²) in [5.74, 6) is 0.481. The summed E-state index contributed by atoms with van der Waals surface area (Å²) in [6.07, 6.45) is 8.71. The highest BCUT2D eigenvalue weighted by Crippen LogP contribution is 2.46. The van der Waals surface area contributed by atoms with Gasteiger partial charge >= 0.3 is 0 Å². The van der Waals surface area contributed by atoms with E-state index in [4.69, 9.17) is 5.73 Å². The largest absolute Gasteiger partial charge is 0.382 e. The number of thioether (sulfide) groups is 1. The van der Waals surface area contributed by atoms with Crippen LogP contribution in [0.3, 0.4) is 0 Å². The second-order valence-electron chi connectivity index (χ2n) is 5.98. The lowest BCUT2D eigenvalue weighted by Crippen LogP contribution is -2.12. The Bertz CT molecular complexity index is 638. The highest BCUT2D eigenvalue weighted by molar-refractivity contribution is 7.98. The Morgan fingerprint density at radius 3 is 2.95 bits per heavy atom. The molecular weight excluding hydrogens is 270 g/mol.